The second-order valence-electron chi connectivity index (χ2n) is 9.66. The van der Waals surface area contributed by atoms with Crippen LogP contribution >= 0.6 is 11.3 Å². The van der Waals surface area contributed by atoms with Gasteiger partial charge in [-0.1, -0.05) is 19.9 Å². The Bertz CT molecular complexity index is 1160. The topological polar surface area (TPSA) is 46.6 Å². The number of rotatable bonds is 5. The molecule has 6 heteroatoms. The van der Waals surface area contributed by atoms with E-state index < -0.39 is 17.4 Å². The zero-order valence-corrected chi connectivity index (χ0v) is 20.6. The quantitative estimate of drug-likeness (QED) is 0.549. The van der Waals surface area contributed by atoms with E-state index in [0.717, 1.165) is 10.4 Å². The maximum atomic E-state index is 15.8. The third kappa shape index (κ3) is 3.61. The fourth-order valence-electron chi connectivity index (χ4n) is 5.36. The minimum absolute atomic E-state index is 0.0308. The largest absolute Gasteiger partial charge is 0.416 e. The number of halogens is 1. The highest BCUT2D eigenvalue weighted by Crippen LogP contribution is 2.52. The summed E-state index contributed by atoms with van der Waals surface area (Å²) < 4.78 is 37.5. The van der Waals surface area contributed by atoms with Crippen molar-refractivity contribution in [3.63, 3.8) is 0 Å². The van der Waals surface area contributed by atoms with Gasteiger partial charge in [-0.3, -0.25) is 14.5 Å². The second-order valence-corrected chi connectivity index (χ2v) is 10.8. The Morgan fingerprint density at radius 2 is 1.91 bits per heavy atom. The van der Waals surface area contributed by atoms with Crippen LogP contribution in [0.3, 0.4) is 0 Å². The zero-order valence-electron chi connectivity index (χ0n) is 21.8. The number of ketones is 1. The average molecular weight is 460 g/mol. The molecule has 1 aliphatic heterocycles. The van der Waals surface area contributed by atoms with E-state index in [1.807, 2.05) is 31.7 Å². The zero-order chi connectivity index (χ0) is 25.3. The van der Waals surface area contributed by atoms with Crippen molar-refractivity contribution in [1.29, 1.82) is 0 Å². The molecule has 0 saturated heterocycles. The minimum Gasteiger partial charge on any atom is -0.416 e. The first-order valence-corrected chi connectivity index (χ1v) is 12.0. The number of esters is 1. The molecule has 1 aromatic heterocycles. The molecule has 32 heavy (non-hydrogen) atoms. The third-order valence-corrected chi connectivity index (χ3v) is 8.73. The second kappa shape index (κ2) is 8.07. The molecule has 4 atom stereocenters. The van der Waals surface area contributed by atoms with Crippen LogP contribution in [0, 0.1) is 37.4 Å². The van der Waals surface area contributed by atoms with Gasteiger partial charge in [0.2, 0.25) is 0 Å². The number of nitrogens with zero attached hydrogens (tertiary/aromatic N) is 1. The monoisotopic (exact) mass is 459 g/mol. The van der Waals surface area contributed by atoms with Crippen molar-refractivity contribution < 1.29 is 21.5 Å². The molecule has 4 rings (SSSR count). The van der Waals surface area contributed by atoms with Crippen LogP contribution in [0.5, 0.6) is 5.06 Å². The summed E-state index contributed by atoms with van der Waals surface area (Å²) in [5.41, 5.74) is 0.961. The fourth-order valence-corrected chi connectivity index (χ4v) is 6.55. The van der Waals surface area contributed by atoms with Crippen LogP contribution in [0.2, 0.25) is 0 Å². The van der Waals surface area contributed by atoms with Crippen LogP contribution in [0.15, 0.2) is 18.2 Å². The summed E-state index contributed by atoms with van der Waals surface area (Å²) in [4.78, 5) is 28.8. The van der Waals surface area contributed by atoms with E-state index in [4.69, 9.17) is 7.48 Å². The Hall–Kier alpha value is -2.05. The first-order valence-electron chi connectivity index (χ1n) is 12.2. The molecule has 1 fully saturated rings. The molecule has 0 amide bonds. The molecule has 0 bridgehead atoms. The standard InChI is InChI=1S/C26H32FNO3S/c1-13-8-9-20(27)24(15(13)3)26(7,25(30)23-16(4)17(23)5)28-12-19-11-22(31-18(6)29)32-21(19)10-14(28)2/h8-9,11,14,16-17,23H,10,12H2,1-7H3/i8D,9D. The van der Waals surface area contributed by atoms with Crippen molar-refractivity contribution in [3.05, 3.63) is 51.1 Å². The number of fused-ring (bicyclic) bond motifs is 1. The van der Waals surface area contributed by atoms with Gasteiger partial charge in [-0.05, 0) is 74.8 Å². The smallest absolute Gasteiger partial charge is 0.308 e. The number of Topliss-reactive ketones (excluding diaryl/α,β-unsaturated/α-hetero) is 1. The lowest BCUT2D eigenvalue weighted by Crippen LogP contribution is -2.56. The van der Waals surface area contributed by atoms with Crippen molar-refractivity contribution >= 4 is 23.1 Å². The minimum atomic E-state index is -1.30. The highest BCUT2D eigenvalue weighted by atomic mass is 32.1. The molecule has 0 spiro atoms. The highest BCUT2D eigenvalue weighted by molar-refractivity contribution is 7.14. The third-order valence-electron chi connectivity index (χ3n) is 7.65. The van der Waals surface area contributed by atoms with Crippen LogP contribution in [0.1, 0.15) is 64.5 Å². The van der Waals surface area contributed by atoms with Crippen molar-refractivity contribution in [2.45, 2.75) is 73.0 Å². The van der Waals surface area contributed by atoms with E-state index in [1.54, 1.807) is 20.8 Å². The maximum absolute atomic E-state index is 15.8. The Balaban J connectivity index is 1.88. The first-order chi connectivity index (χ1) is 15.8. The Labute approximate surface area is 196 Å². The lowest BCUT2D eigenvalue weighted by molar-refractivity contribution is -0.136. The normalized spacial score (nSPS) is 27.8. The van der Waals surface area contributed by atoms with Gasteiger partial charge in [0.1, 0.15) is 11.4 Å². The van der Waals surface area contributed by atoms with Gasteiger partial charge in [-0.2, -0.15) is 0 Å². The molecule has 4 unspecified atom stereocenters. The predicted molar refractivity (Wildman–Crippen MR) is 124 cm³/mol. The summed E-state index contributed by atoms with van der Waals surface area (Å²) >= 11 is 1.43. The summed E-state index contributed by atoms with van der Waals surface area (Å²) in [6, 6.07) is 1.15. The molecule has 0 N–H and O–H groups in total. The Morgan fingerprint density at radius 1 is 1.25 bits per heavy atom. The first kappa shape index (κ1) is 20.5. The van der Waals surface area contributed by atoms with Gasteiger partial charge >= 0.3 is 5.97 Å². The van der Waals surface area contributed by atoms with Gasteiger partial charge in [-0.25, -0.2) is 4.39 Å². The summed E-state index contributed by atoms with van der Waals surface area (Å²) in [6.07, 6.45) is 0.643. The number of carbonyl (C=O) groups excluding carboxylic acids is 2. The van der Waals surface area contributed by atoms with E-state index in [1.165, 1.54) is 18.3 Å². The molecule has 1 aliphatic carbocycles. The highest BCUT2D eigenvalue weighted by Gasteiger charge is 2.57. The van der Waals surface area contributed by atoms with E-state index in [-0.39, 0.29) is 47.2 Å². The maximum Gasteiger partial charge on any atom is 0.308 e. The lowest BCUT2D eigenvalue weighted by Gasteiger charge is -2.47. The van der Waals surface area contributed by atoms with E-state index in [0.29, 0.717) is 29.2 Å². The van der Waals surface area contributed by atoms with Gasteiger partial charge < -0.3 is 4.74 Å². The van der Waals surface area contributed by atoms with Crippen LogP contribution in [0.25, 0.3) is 0 Å². The molecule has 1 saturated carbocycles. The van der Waals surface area contributed by atoms with E-state index in [9.17, 15) is 9.59 Å². The van der Waals surface area contributed by atoms with E-state index >= 15 is 4.39 Å². The number of benzene rings is 1. The van der Waals surface area contributed by atoms with Crippen molar-refractivity contribution in [3.8, 4) is 5.06 Å². The van der Waals surface area contributed by atoms with Gasteiger partial charge in [-0.15, -0.1) is 11.3 Å². The number of ether oxygens (including phenoxy) is 1. The Morgan fingerprint density at radius 3 is 2.50 bits per heavy atom. The van der Waals surface area contributed by atoms with Crippen LogP contribution in [0.4, 0.5) is 4.39 Å². The van der Waals surface area contributed by atoms with Gasteiger partial charge in [0, 0.05) is 35.9 Å². The molecular weight excluding hydrogens is 425 g/mol. The fraction of sp³-hybridized carbons (Fsp3) is 0.538. The van der Waals surface area contributed by atoms with Crippen LogP contribution in [-0.2, 0) is 28.1 Å². The van der Waals surface area contributed by atoms with Crippen LogP contribution < -0.4 is 4.74 Å². The lowest BCUT2D eigenvalue weighted by atomic mass is 9.77. The number of carbonyl (C=O) groups is 2. The molecule has 0 radical (unpaired) electrons. The number of hydrogen-bond donors (Lipinski definition) is 0. The van der Waals surface area contributed by atoms with Crippen molar-refractivity contribution in [1.82, 2.24) is 4.90 Å². The summed E-state index contributed by atoms with van der Waals surface area (Å²) in [5.74, 6) is -0.941. The SMILES string of the molecule is [2H]c1c([2H])c(F)c(C(C)(C(=O)C2C(C)C2C)N2Cc3cc(OC(C)=O)sc3CC2C)c(C)c1C. The van der Waals surface area contributed by atoms with Crippen LogP contribution in [-0.4, -0.2) is 22.7 Å². The van der Waals surface area contributed by atoms with Gasteiger partial charge in [0.05, 0.1) is 2.74 Å². The number of thiophene rings is 1. The number of hydrogen-bond acceptors (Lipinski definition) is 5. The summed E-state index contributed by atoms with van der Waals surface area (Å²) in [7, 11) is 0. The van der Waals surface area contributed by atoms with E-state index in [2.05, 4.69) is 0 Å². The van der Waals surface area contributed by atoms with Crippen molar-refractivity contribution in [2.75, 3.05) is 0 Å². The van der Waals surface area contributed by atoms with Crippen molar-refractivity contribution in [2.24, 2.45) is 17.8 Å². The summed E-state index contributed by atoms with van der Waals surface area (Å²) in [5, 5.41) is 0.522. The molecule has 2 aromatic rings. The average Bonchev–Trinajstić information content (AvgIpc) is 3.16. The molecule has 1 aromatic carbocycles. The Kier molecular flexibility index (Phi) is 5.18. The molecule has 2 heterocycles. The molecule has 172 valence electrons. The molecule has 4 nitrogen and oxygen atoms in total. The van der Waals surface area contributed by atoms with Gasteiger partial charge in [0.25, 0.3) is 0 Å². The van der Waals surface area contributed by atoms with Gasteiger partial charge in [0.15, 0.2) is 10.8 Å². The molecular formula is C26H32FNO3S. The summed E-state index contributed by atoms with van der Waals surface area (Å²) in [6.45, 7) is 13.2. The predicted octanol–water partition coefficient (Wildman–Crippen LogP) is 5.56. The molecule has 2 aliphatic rings.